The van der Waals surface area contributed by atoms with Gasteiger partial charge in [-0.15, -0.1) is 0 Å². The van der Waals surface area contributed by atoms with Gasteiger partial charge in [-0.1, -0.05) is 0 Å². The van der Waals surface area contributed by atoms with Crippen LogP contribution in [0.5, 0.6) is 0 Å². The summed E-state index contributed by atoms with van der Waals surface area (Å²) in [5, 5.41) is 0. The second kappa shape index (κ2) is 4.79. The van der Waals surface area contributed by atoms with Crippen LogP contribution in [0.2, 0.25) is 0 Å². The molecular weight excluding hydrogens is 240 g/mol. The summed E-state index contributed by atoms with van der Waals surface area (Å²) in [5.41, 5.74) is 0.983. The molecule has 3 rings (SSSR count). The van der Waals surface area contributed by atoms with E-state index in [0.29, 0.717) is 5.91 Å². The highest BCUT2D eigenvalue weighted by molar-refractivity contribution is 5.82. The first-order valence-electron chi connectivity index (χ1n) is 6.99. The van der Waals surface area contributed by atoms with E-state index in [9.17, 15) is 4.79 Å². The van der Waals surface area contributed by atoms with Crippen molar-refractivity contribution in [2.75, 3.05) is 31.1 Å². The predicted molar refractivity (Wildman–Crippen MR) is 73.0 cm³/mol. The number of carbonyl (C=O) groups is 1. The molecule has 0 unspecified atom stereocenters. The quantitative estimate of drug-likeness (QED) is 0.800. The van der Waals surface area contributed by atoms with Crippen molar-refractivity contribution in [2.24, 2.45) is 5.92 Å². The second-order valence-corrected chi connectivity index (χ2v) is 5.55. The lowest BCUT2D eigenvalue weighted by molar-refractivity contribution is -0.135. The third-order valence-corrected chi connectivity index (χ3v) is 3.93. The van der Waals surface area contributed by atoms with Crippen molar-refractivity contribution in [3.8, 4) is 0 Å². The molecule has 2 aliphatic rings. The van der Waals surface area contributed by atoms with Crippen molar-refractivity contribution in [2.45, 2.75) is 26.7 Å². The molecule has 1 aromatic heterocycles. The largest absolute Gasteiger partial charge is 0.355 e. The van der Waals surface area contributed by atoms with Crippen LogP contribution in [0.4, 0.5) is 5.82 Å². The summed E-state index contributed by atoms with van der Waals surface area (Å²) in [6.45, 7) is 7.37. The van der Waals surface area contributed by atoms with Crippen molar-refractivity contribution in [3.63, 3.8) is 0 Å². The number of nitrogens with zero attached hydrogens (tertiary/aromatic N) is 4. The number of carbonyl (C=O) groups excluding carboxylic acids is 1. The molecular formula is C14H20N4O. The zero-order valence-electron chi connectivity index (χ0n) is 11.6. The van der Waals surface area contributed by atoms with Crippen LogP contribution in [-0.4, -0.2) is 47.0 Å². The highest BCUT2D eigenvalue weighted by Gasteiger charge is 2.36. The topological polar surface area (TPSA) is 49.3 Å². The van der Waals surface area contributed by atoms with E-state index < -0.39 is 0 Å². The minimum absolute atomic E-state index is 0.161. The lowest BCUT2D eigenvalue weighted by atomic mass is 9.98. The molecule has 0 aromatic carbocycles. The Morgan fingerprint density at radius 3 is 2.53 bits per heavy atom. The van der Waals surface area contributed by atoms with Gasteiger partial charge in [-0.2, -0.15) is 0 Å². The fourth-order valence-corrected chi connectivity index (χ4v) is 2.88. The van der Waals surface area contributed by atoms with E-state index in [1.807, 2.05) is 24.8 Å². The summed E-state index contributed by atoms with van der Waals surface area (Å²) in [4.78, 5) is 25.1. The molecule has 1 aromatic rings. The van der Waals surface area contributed by atoms with Crippen LogP contribution in [0, 0.1) is 19.8 Å². The van der Waals surface area contributed by atoms with Gasteiger partial charge >= 0.3 is 0 Å². The minimum Gasteiger partial charge on any atom is -0.355 e. The Hall–Kier alpha value is -1.65. The van der Waals surface area contributed by atoms with E-state index in [4.69, 9.17) is 0 Å². The number of hydrogen-bond donors (Lipinski definition) is 0. The Kier molecular flexibility index (Phi) is 3.12. The van der Waals surface area contributed by atoms with E-state index in [1.165, 1.54) is 0 Å². The Balaban J connectivity index is 1.61. The predicted octanol–water partition coefficient (Wildman–Crippen LogP) is 1.15. The maximum atomic E-state index is 12.2. The summed E-state index contributed by atoms with van der Waals surface area (Å²) >= 11 is 0. The number of rotatable bonds is 2. The zero-order valence-corrected chi connectivity index (χ0v) is 11.6. The maximum Gasteiger partial charge on any atom is 0.229 e. The first-order chi connectivity index (χ1) is 9.13. The molecule has 0 N–H and O–H groups in total. The highest BCUT2D eigenvalue weighted by atomic mass is 16.2. The Labute approximate surface area is 113 Å². The fourth-order valence-electron chi connectivity index (χ4n) is 2.88. The van der Waals surface area contributed by atoms with E-state index in [-0.39, 0.29) is 5.92 Å². The lowest BCUT2D eigenvalue weighted by Gasteiger charge is -2.40. The molecule has 2 saturated heterocycles. The standard InChI is InChI=1S/C14H20N4O/c1-10-7-13(16-11(2)15-10)18-8-12(9-18)14(19)17-5-3-4-6-17/h7,12H,3-6,8-9H2,1-2H3. The average Bonchev–Trinajstić information content (AvgIpc) is 2.78. The van der Waals surface area contributed by atoms with Crippen molar-refractivity contribution in [3.05, 3.63) is 17.6 Å². The summed E-state index contributed by atoms with van der Waals surface area (Å²) in [6.07, 6.45) is 2.32. The molecule has 1 amide bonds. The number of hydrogen-bond acceptors (Lipinski definition) is 4. The third kappa shape index (κ3) is 2.41. The van der Waals surface area contributed by atoms with Crippen LogP contribution in [0.1, 0.15) is 24.4 Å². The van der Waals surface area contributed by atoms with Gasteiger partial charge in [-0.05, 0) is 26.7 Å². The van der Waals surface area contributed by atoms with E-state index >= 15 is 0 Å². The van der Waals surface area contributed by atoms with Crippen LogP contribution in [-0.2, 0) is 4.79 Å². The van der Waals surface area contributed by atoms with Gasteiger partial charge in [-0.3, -0.25) is 4.79 Å². The van der Waals surface area contributed by atoms with Gasteiger partial charge < -0.3 is 9.80 Å². The number of aryl methyl sites for hydroxylation is 2. The molecule has 0 aliphatic carbocycles. The first kappa shape index (κ1) is 12.4. The molecule has 3 heterocycles. The number of amides is 1. The van der Waals surface area contributed by atoms with Crippen LogP contribution < -0.4 is 4.90 Å². The van der Waals surface area contributed by atoms with Crippen LogP contribution in [0.25, 0.3) is 0 Å². The molecule has 0 radical (unpaired) electrons. The molecule has 2 aliphatic heterocycles. The van der Waals surface area contributed by atoms with Crippen molar-refractivity contribution in [1.29, 1.82) is 0 Å². The molecule has 2 fully saturated rings. The van der Waals surface area contributed by atoms with Gasteiger partial charge in [0.2, 0.25) is 5.91 Å². The van der Waals surface area contributed by atoms with E-state index in [2.05, 4.69) is 14.9 Å². The fraction of sp³-hybridized carbons (Fsp3) is 0.643. The van der Waals surface area contributed by atoms with Crippen molar-refractivity contribution >= 4 is 11.7 Å². The normalized spacial score (nSPS) is 19.7. The number of aromatic nitrogens is 2. The summed E-state index contributed by atoms with van der Waals surface area (Å²) in [5.74, 6) is 2.24. The lowest BCUT2D eigenvalue weighted by Crippen LogP contribution is -2.54. The molecule has 0 atom stereocenters. The van der Waals surface area contributed by atoms with Crippen LogP contribution in [0.3, 0.4) is 0 Å². The molecule has 5 heteroatoms. The first-order valence-corrected chi connectivity index (χ1v) is 6.99. The average molecular weight is 260 g/mol. The minimum atomic E-state index is 0.161. The smallest absolute Gasteiger partial charge is 0.229 e. The van der Waals surface area contributed by atoms with Crippen LogP contribution in [0.15, 0.2) is 6.07 Å². The Morgan fingerprint density at radius 2 is 1.89 bits per heavy atom. The summed E-state index contributed by atoms with van der Waals surface area (Å²) in [7, 11) is 0. The van der Waals surface area contributed by atoms with E-state index in [0.717, 1.165) is 56.4 Å². The van der Waals surface area contributed by atoms with Gasteiger partial charge in [-0.25, -0.2) is 9.97 Å². The number of anilines is 1. The SMILES string of the molecule is Cc1cc(N2CC(C(=O)N3CCCC3)C2)nc(C)n1. The summed E-state index contributed by atoms with van der Waals surface area (Å²) < 4.78 is 0. The van der Waals surface area contributed by atoms with Gasteiger partial charge in [0.1, 0.15) is 11.6 Å². The van der Waals surface area contributed by atoms with Gasteiger partial charge in [0.25, 0.3) is 0 Å². The van der Waals surface area contributed by atoms with Gasteiger partial charge in [0.15, 0.2) is 0 Å². The van der Waals surface area contributed by atoms with Crippen LogP contribution >= 0.6 is 0 Å². The monoisotopic (exact) mass is 260 g/mol. The van der Waals surface area contributed by atoms with Gasteiger partial charge in [0.05, 0.1) is 5.92 Å². The van der Waals surface area contributed by atoms with Crippen molar-refractivity contribution < 1.29 is 4.79 Å². The second-order valence-electron chi connectivity index (χ2n) is 5.55. The molecule has 0 saturated carbocycles. The molecule has 19 heavy (non-hydrogen) atoms. The van der Waals surface area contributed by atoms with Crippen molar-refractivity contribution in [1.82, 2.24) is 14.9 Å². The third-order valence-electron chi connectivity index (χ3n) is 3.93. The summed E-state index contributed by atoms with van der Waals surface area (Å²) in [6, 6.07) is 1.99. The molecule has 0 bridgehead atoms. The number of likely N-dealkylation sites (tertiary alicyclic amines) is 1. The maximum absolute atomic E-state index is 12.2. The Bertz CT molecular complexity index is 470. The molecule has 102 valence electrons. The highest BCUT2D eigenvalue weighted by Crippen LogP contribution is 2.25. The molecule has 0 spiro atoms. The van der Waals surface area contributed by atoms with E-state index in [1.54, 1.807) is 0 Å². The molecule has 5 nitrogen and oxygen atoms in total. The zero-order chi connectivity index (χ0) is 13.4. The van der Waals surface area contributed by atoms with Gasteiger partial charge in [0, 0.05) is 37.9 Å². The Morgan fingerprint density at radius 1 is 1.21 bits per heavy atom.